The average Bonchev–Trinajstić information content (AvgIpc) is 3.39. The summed E-state index contributed by atoms with van der Waals surface area (Å²) in [6, 6.07) is 13.7. The summed E-state index contributed by atoms with van der Waals surface area (Å²) in [6.45, 7) is 5.67. The molecule has 3 aliphatic heterocycles. The SMILES string of the molecule is CCOc1ncccc1C1(OC(=O)N2CCN(C3CCNCC3)CC2)C(=O)N(S(=O)(=O)c2ccc(OC)cc2OC)c2ccc(C#N)cc21. The quantitative estimate of drug-likeness (QED) is 0.350. The second kappa shape index (κ2) is 13.9. The van der Waals surface area contributed by atoms with Crippen LogP contribution in [0, 0.1) is 11.3 Å². The van der Waals surface area contributed by atoms with E-state index in [-0.39, 0.29) is 45.5 Å². The van der Waals surface area contributed by atoms with Crippen LogP contribution in [0.5, 0.6) is 17.4 Å². The van der Waals surface area contributed by atoms with E-state index in [1.807, 2.05) is 6.07 Å². The molecule has 0 radical (unpaired) electrons. The zero-order chi connectivity index (χ0) is 34.8. The fourth-order valence-corrected chi connectivity index (χ4v) is 8.32. The number of ether oxygens (including phenoxy) is 4. The number of aromatic nitrogens is 1. The molecule has 4 heterocycles. The standard InChI is InChI=1S/C34H38N6O8S/c1-4-47-31-26(6-5-13-37-31)34(48-33(42)39-18-16-38(17-19-39)24-11-14-36-15-12-24)27-20-23(22-35)7-9-28(27)40(32(34)41)49(43,44)30-10-8-25(45-2)21-29(30)46-3/h5-10,13,20-21,24,36H,4,11-12,14-19H2,1-3H3. The van der Waals surface area contributed by atoms with Crippen LogP contribution in [0.3, 0.4) is 0 Å². The molecule has 1 unspecified atom stereocenters. The largest absolute Gasteiger partial charge is 0.497 e. The van der Waals surface area contributed by atoms with Gasteiger partial charge in [0.2, 0.25) is 5.88 Å². The number of hydrogen-bond acceptors (Lipinski definition) is 12. The molecular formula is C34H38N6O8S. The second-order valence-electron chi connectivity index (χ2n) is 11.8. The maximum atomic E-state index is 15.1. The first kappa shape index (κ1) is 34.0. The molecular weight excluding hydrogens is 652 g/mol. The van der Waals surface area contributed by atoms with E-state index in [1.165, 1.54) is 73.8 Å². The van der Waals surface area contributed by atoms with Gasteiger partial charge in [-0.1, -0.05) is 0 Å². The normalized spacial score (nSPS) is 20.0. The number of hydrogen-bond donors (Lipinski definition) is 1. The number of sulfonamides is 1. The Balaban J connectivity index is 1.47. The van der Waals surface area contributed by atoms with E-state index in [0.29, 0.717) is 42.3 Å². The van der Waals surface area contributed by atoms with Crippen molar-refractivity contribution in [1.29, 1.82) is 5.26 Å². The van der Waals surface area contributed by atoms with Crippen molar-refractivity contribution in [3.63, 3.8) is 0 Å². The summed E-state index contributed by atoms with van der Waals surface area (Å²) >= 11 is 0. The number of anilines is 1. The van der Waals surface area contributed by atoms with Gasteiger partial charge in [-0.15, -0.1) is 0 Å². The van der Waals surface area contributed by atoms with Crippen molar-refractivity contribution in [3.05, 3.63) is 71.4 Å². The van der Waals surface area contributed by atoms with Gasteiger partial charge in [-0.2, -0.15) is 9.57 Å². The summed E-state index contributed by atoms with van der Waals surface area (Å²) in [5, 5.41) is 13.3. The van der Waals surface area contributed by atoms with Crippen LogP contribution in [0.4, 0.5) is 10.5 Å². The number of nitrogens with one attached hydrogen (secondary N) is 1. The molecule has 49 heavy (non-hydrogen) atoms. The number of piperidine rings is 1. The zero-order valence-corrected chi connectivity index (χ0v) is 28.4. The highest BCUT2D eigenvalue weighted by Crippen LogP contribution is 2.52. The van der Waals surface area contributed by atoms with Crippen LogP contribution in [0.15, 0.2) is 59.6 Å². The molecule has 0 bridgehead atoms. The van der Waals surface area contributed by atoms with Crippen molar-refractivity contribution in [2.45, 2.75) is 36.3 Å². The summed E-state index contributed by atoms with van der Waals surface area (Å²) in [7, 11) is -2.00. The van der Waals surface area contributed by atoms with E-state index in [0.717, 1.165) is 25.9 Å². The Morgan fingerprint density at radius 3 is 2.47 bits per heavy atom. The summed E-state index contributed by atoms with van der Waals surface area (Å²) < 4.78 is 52.5. The highest BCUT2D eigenvalue weighted by Gasteiger charge is 2.61. The number of benzene rings is 2. The fraction of sp³-hybridized carbons (Fsp3) is 0.412. The highest BCUT2D eigenvalue weighted by molar-refractivity contribution is 7.93. The molecule has 0 saturated carbocycles. The number of carbonyl (C=O) groups excluding carboxylic acids is 2. The summed E-state index contributed by atoms with van der Waals surface area (Å²) in [6.07, 6.45) is 2.67. The van der Waals surface area contributed by atoms with Gasteiger partial charge in [0.25, 0.3) is 21.5 Å². The van der Waals surface area contributed by atoms with E-state index < -0.39 is 27.6 Å². The minimum atomic E-state index is -4.73. The van der Waals surface area contributed by atoms with Gasteiger partial charge in [-0.3, -0.25) is 9.69 Å². The minimum absolute atomic E-state index is 0.0132. The Hall–Kier alpha value is -4.91. The molecule has 2 saturated heterocycles. The molecule has 1 aromatic heterocycles. The van der Waals surface area contributed by atoms with Gasteiger partial charge >= 0.3 is 6.09 Å². The Morgan fingerprint density at radius 2 is 1.80 bits per heavy atom. The van der Waals surface area contributed by atoms with E-state index in [2.05, 4.69) is 15.2 Å². The van der Waals surface area contributed by atoms with Gasteiger partial charge in [-0.25, -0.2) is 18.2 Å². The summed E-state index contributed by atoms with van der Waals surface area (Å²) in [5.74, 6) is -0.870. The van der Waals surface area contributed by atoms with Gasteiger partial charge in [0.05, 0.1) is 43.7 Å². The predicted octanol–water partition coefficient (Wildman–Crippen LogP) is 2.85. The molecule has 3 aromatic rings. The van der Waals surface area contributed by atoms with Gasteiger partial charge in [0.1, 0.15) is 16.4 Å². The van der Waals surface area contributed by atoms with Crippen molar-refractivity contribution < 1.29 is 37.0 Å². The number of nitriles is 1. The maximum absolute atomic E-state index is 15.1. The number of rotatable bonds is 9. The summed E-state index contributed by atoms with van der Waals surface area (Å²) in [4.78, 5) is 37.1. The molecule has 2 aromatic carbocycles. The molecule has 1 N–H and O–H groups in total. The molecule has 6 rings (SSSR count). The summed E-state index contributed by atoms with van der Waals surface area (Å²) in [5.41, 5.74) is -2.39. The third kappa shape index (κ3) is 6.00. The van der Waals surface area contributed by atoms with Gasteiger partial charge in [0, 0.05) is 50.0 Å². The predicted molar refractivity (Wildman–Crippen MR) is 177 cm³/mol. The van der Waals surface area contributed by atoms with Gasteiger partial charge in [0.15, 0.2) is 0 Å². The lowest BCUT2D eigenvalue weighted by atomic mass is 9.87. The molecule has 2 fully saturated rings. The Kier molecular flexibility index (Phi) is 9.64. The third-order valence-corrected chi connectivity index (χ3v) is 10.9. The van der Waals surface area contributed by atoms with E-state index in [9.17, 15) is 18.5 Å². The number of fused-ring (bicyclic) bond motifs is 1. The average molecular weight is 691 g/mol. The number of piperazine rings is 1. The molecule has 258 valence electrons. The Labute approximate surface area is 285 Å². The molecule has 0 spiro atoms. The maximum Gasteiger partial charge on any atom is 0.411 e. The van der Waals surface area contributed by atoms with Crippen molar-refractivity contribution >= 4 is 27.7 Å². The van der Waals surface area contributed by atoms with Crippen molar-refractivity contribution in [3.8, 4) is 23.4 Å². The van der Waals surface area contributed by atoms with Crippen LogP contribution < -0.4 is 23.8 Å². The molecule has 0 aliphatic carbocycles. The fourth-order valence-electron chi connectivity index (χ4n) is 6.72. The number of pyridine rings is 1. The van der Waals surface area contributed by atoms with Crippen LogP contribution >= 0.6 is 0 Å². The highest BCUT2D eigenvalue weighted by atomic mass is 32.2. The van der Waals surface area contributed by atoms with Crippen molar-refractivity contribution in [2.24, 2.45) is 0 Å². The first-order valence-electron chi connectivity index (χ1n) is 16.1. The smallest absolute Gasteiger partial charge is 0.411 e. The van der Waals surface area contributed by atoms with Crippen LogP contribution in [0.1, 0.15) is 36.5 Å². The van der Waals surface area contributed by atoms with Gasteiger partial charge < -0.3 is 29.2 Å². The van der Waals surface area contributed by atoms with Crippen LogP contribution in [-0.2, 0) is 25.2 Å². The Bertz CT molecular complexity index is 1890. The number of nitrogens with zero attached hydrogens (tertiary/aromatic N) is 5. The van der Waals surface area contributed by atoms with Crippen LogP contribution in [-0.4, -0.2) is 101 Å². The van der Waals surface area contributed by atoms with E-state index in [4.69, 9.17) is 18.9 Å². The van der Waals surface area contributed by atoms with Crippen LogP contribution in [0.2, 0.25) is 0 Å². The molecule has 15 heteroatoms. The first-order valence-corrected chi connectivity index (χ1v) is 17.5. The monoisotopic (exact) mass is 690 g/mol. The van der Waals surface area contributed by atoms with E-state index >= 15 is 4.79 Å². The van der Waals surface area contributed by atoms with E-state index in [1.54, 1.807) is 6.92 Å². The van der Waals surface area contributed by atoms with Gasteiger partial charge in [-0.05, 0) is 75.3 Å². The lowest BCUT2D eigenvalue weighted by Crippen LogP contribution is -2.55. The zero-order valence-electron chi connectivity index (χ0n) is 27.5. The first-order chi connectivity index (χ1) is 23.7. The van der Waals surface area contributed by atoms with Crippen molar-refractivity contribution in [2.75, 3.05) is 64.4 Å². The second-order valence-corrected chi connectivity index (χ2v) is 13.5. The molecule has 14 nitrogen and oxygen atoms in total. The number of amides is 2. The minimum Gasteiger partial charge on any atom is -0.497 e. The molecule has 3 aliphatic rings. The van der Waals surface area contributed by atoms with Crippen LogP contribution in [0.25, 0.3) is 0 Å². The van der Waals surface area contributed by atoms with Crippen molar-refractivity contribution in [1.82, 2.24) is 20.1 Å². The number of carbonyl (C=O) groups is 2. The lowest BCUT2D eigenvalue weighted by Gasteiger charge is -2.41. The third-order valence-electron chi connectivity index (χ3n) is 9.17. The number of methoxy groups -OCH3 is 2. The molecule has 2 amide bonds. The molecule has 1 atom stereocenters. The Morgan fingerprint density at radius 1 is 1.04 bits per heavy atom. The topological polar surface area (TPSA) is 164 Å². The lowest BCUT2D eigenvalue weighted by molar-refractivity contribution is -0.132.